The first-order valence-electron chi connectivity index (χ1n) is 10.7. The Bertz CT molecular complexity index is 1150. The molecule has 0 fully saturated rings. The average molecular weight is 462 g/mol. The Balaban J connectivity index is 1.63. The lowest BCUT2D eigenvalue weighted by atomic mass is 10.1. The second-order valence-electron chi connectivity index (χ2n) is 7.61. The number of carbonyl (C=O) groups is 3. The van der Waals surface area contributed by atoms with Gasteiger partial charge in [-0.3, -0.25) is 14.4 Å². The Morgan fingerprint density at radius 2 is 1.48 bits per heavy atom. The molecule has 6 nitrogen and oxygen atoms in total. The van der Waals surface area contributed by atoms with Crippen LogP contribution in [0.2, 0.25) is 0 Å². The summed E-state index contributed by atoms with van der Waals surface area (Å²) in [4.78, 5) is 37.4. The second kappa shape index (κ2) is 11.3. The van der Waals surface area contributed by atoms with Gasteiger partial charge in [-0.1, -0.05) is 30.7 Å². The van der Waals surface area contributed by atoms with Crippen LogP contribution in [-0.2, 0) is 9.59 Å². The number of anilines is 3. The molecule has 3 aromatic carbocycles. The standard InChI is InChI=1S/C26H27N3O3S/c1-4-24(26(32)28-21-13-11-20(12-14-21)27-18(3)30)33-23-10-6-9-22(16-23)29-25(31)19-8-5-7-17(2)15-19/h5-16,24H,4H2,1-3H3,(H,27,30)(H,28,32)(H,29,31). The van der Waals surface area contributed by atoms with Crippen LogP contribution in [0.5, 0.6) is 0 Å². The molecular formula is C26H27N3O3S. The van der Waals surface area contributed by atoms with Crippen LogP contribution >= 0.6 is 11.8 Å². The van der Waals surface area contributed by atoms with Gasteiger partial charge in [-0.15, -0.1) is 11.8 Å². The van der Waals surface area contributed by atoms with Gasteiger partial charge in [0.1, 0.15) is 0 Å². The summed E-state index contributed by atoms with van der Waals surface area (Å²) in [7, 11) is 0. The van der Waals surface area contributed by atoms with Gasteiger partial charge in [0.2, 0.25) is 11.8 Å². The number of hydrogen-bond acceptors (Lipinski definition) is 4. The Morgan fingerprint density at radius 1 is 0.818 bits per heavy atom. The predicted octanol–water partition coefficient (Wildman–Crippen LogP) is 5.72. The summed E-state index contributed by atoms with van der Waals surface area (Å²) < 4.78 is 0. The molecule has 3 aromatic rings. The number of nitrogens with one attached hydrogen (secondary N) is 3. The van der Waals surface area contributed by atoms with E-state index in [-0.39, 0.29) is 23.0 Å². The molecule has 1 atom stereocenters. The summed E-state index contributed by atoms with van der Waals surface area (Å²) in [6.07, 6.45) is 0.639. The van der Waals surface area contributed by atoms with Crippen LogP contribution < -0.4 is 16.0 Å². The Labute approximate surface area is 198 Å². The summed E-state index contributed by atoms with van der Waals surface area (Å²) in [6, 6.07) is 21.9. The smallest absolute Gasteiger partial charge is 0.255 e. The molecule has 0 radical (unpaired) electrons. The molecular weight excluding hydrogens is 434 g/mol. The minimum atomic E-state index is -0.303. The first-order chi connectivity index (χ1) is 15.8. The molecule has 0 aliphatic heterocycles. The van der Waals surface area contributed by atoms with Gasteiger partial charge in [-0.2, -0.15) is 0 Å². The number of aryl methyl sites for hydroxylation is 1. The molecule has 1 unspecified atom stereocenters. The molecule has 7 heteroatoms. The fourth-order valence-corrected chi connectivity index (χ4v) is 4.20. The lowest BCUT2D eigenvalue weighted by molar-refractivity contribution is -0.116. The Hall–Kier alpha value is -3.58. The van der Waals surface area contributed by atoms with Crippen LogP contribution in [0.25, 0.3) is 0 Å². The fourth-order valence-electron chi connectivity index (χ4n) is 3.19. The maximum absolute atomic E-state index is 12.8. The van der Waals surface area contributed by atoms with Gasteiger partial charge >= 0.3 is 0 Å². The van der Waals surface area contributed by atoms with Crippen LogP contribution in [0.1, 0.15) is 36.2 Å². The van der Waals surface area contributed by atoms with E-state index in [2.05, 4.69) is 16.0 Å². The van der Waals surface area contributed by atoms with E-state index in [1.54, 1.807) is 30.3 Å². The fraction of sp³-hybridized carbons (Fsp3) is 0.192. The third-order valence-corrected chi connectivity index (χ3v) is 6.14. The molecule has 3 rings (SSSR count). The third kappa shape index (κ3) is 7.22. The van der Waals surface area contributed by atoms with Gasteiger partial charge in [-0.25, -0.2) is 0 Å². The zero-order valence-corrected chi connectivity index (χ0v) is 19.7. The predicted molar refractivity (Wildman–Crippen MR) is 135 cm³/mol. The largest absolute Gasteiger partial charge is 0.326 e. The number of carbonyl (C=O) groups excluding carboxylic acids is 3. The summed E-state index contributed by atoms with van der Waals surface area (Å²) in [5.74, 6) is -0.427. The first-order valence-corrected chi connectivity index (χ1v) is 11.5. The van der Waals surface area contributed by atoms with Gasteiger partial charge in [0, 0.05) is 34.4 Å². The molecule has 33 heavy (non-hydrogen) atoms. The van der Waals surface area contributed by atoms with E-state index in [0.717, 1.165) is 10.5 Å². The average Bonchev–Trinajstić information content (AvgIpc) is 2.78. The Morgan fingerprint density at radius 3 is 2.12 bits per heavy atom. The first kappa shape index (κ1) is 24.1. The lowest BCUT2D eigenvalue weighted by Crippen LogP contribution is -2.24. The summed E-state index contributed by atoms with van der Waals surface area (Å²) >= 11 is 1.45. The monoisotopic (exact) mass is 461 g/mol. The quantitative estimate of drug-likeness (QED) is 0.375. The maximum Gasteiger partial charge on any atom is 0.255 e. The molecule has 170 valence electrons. The molecule has 0 spiro atoms. The van der Waals surface area contributed by atoms with E-state index >= 15 is 0 Å². The van der Waals surface area contributed by atoms with Crippen LogP contribution in [0.15, 0.2) is 77.7 Å². The molecule has 3 N–H and O–H groups in total. The van der Waals surface area contributed by atoms with E-state index in [4.69, 9.17) is 0 Å². The van der Waals surface area contributed by atoms with Crippen molar-refractivity contribution >= 4 is 46.5 Å². The van der Waals surface area contributed by atoms with E-state index < -0.39 is 0 Å². The molecule has 0 aromatic heterocycles. The van der Waals surface area contributed by atoms with Crippen molar-refractivity contribution in [1.82, 2.24) is 0 Å². The van der Waals surface area contributed by atoms with Crippen molar-refractivity contribution in [2.45, 2.75) is 37.3 Å². The van der Waals surface area contributed by atoms with Crippen LogP contribution in [-0.4, -0.2) is 23.0 Å². The zero-order valence-electron chi connectivity index (χ0n) is 18.8. The molecule has 0 heterocycles. The maximum atomic E-state index is 12.8. The van der Waals surface area contributed by atoms with Gasteiger partial charge < -0.3 is 16.0 Å². The highest BCUT2D eigenvalue weighted by atomic mass is 32.2. The van der Waals surface area contributed by atoms with Crippen molar-refractivity contribution in [1.29, 1.82) is 0 Å². The molecule has 0 aliphatic rings. The number of amides is 3. The van der Waals surface area contributed by atoms with Gasteiger partial charge in [-0.05, 0) is 67.9 Å². The Kier molecular flexibility index (Phi) is 8.27. The number of hydrogen-bond donors (Lipinski definition) is 3. The SMILES string of the molecule is CCC(Sc1cccc(NC(=O)c2cccc(C)c2)c1)C(=O)Nc1ccc(NC(C)=O)cc1. The van der Waals surface area contributed by atoms with Crippen LogP contribution in [0.3, 0.4) is 0 Å². The van der Waals surface area contributed by atoms with Crippen molar-refractivity contribution in [3.63, 3.8) is 0 Å². The van der Waals surface area contributed by atoms with E-state index in [9.17, 15) is 14.4 Å². The number of rotatable bonds is 8. The highest BCUT2D eigenvalue weighted by Crippen LogP contribution is 2.29. The van der Waals surface area contributed by atoms with E-state index in [1.807, 2.05) is 56.3 Å². The molecule has 0 saturated heterocycles. The van der Waals surface area contributed by atoms with Crippen molar-refractivity contribution in [3.05, 3.63) is 83.9 Å². The van der Waals surface area contributed by atoms with Gasteiger partial charge in [0.05, 0.1) is 5.25 Å². The third-order valence-electron chi connectivity index (χ3n) is 4.79. The van der Waals surface area contributed by atoms with E-state index in [1.165, 1.54) is 18.7 Å². The summed E-state index contributed by atoms with van der Waals surface area (Å²) in [6.45, 7) is 5.35. The molecule has 0 aliphatic carbocycles. The van der Waals surface area contributed by atoms with Crippen molar-refractivity contribution < 1.29 is 14.4 Å². The zero-order chi connectivity index (χ0) is 23.8. The van der Waals surface area contributed by atoms with E-state index in [0.29, 0.717) is 29.0 Å². The molecule has 0 bridgehead atoms. The van der Waals surface area contributed by atoms with Crippen molar-refractivity contribution in [2.24, 2.45) is 0 Å². The van der Waals surface area contributed by atoms with Gasteiger partial charge in [0.25, 0.3) is 5.91 Å². The lowest BCUT2D eigenvalue weighted by Gasteiger charge is -2.16. The number of thioether (sulfide) groups is 1. The van der Waals surface area contributed by atoms with Gasteiger partial charge in [0.15, 0.2) is 0 Å². The normalized spacial score (nSPS) is 11.4. The summed E-state index contributed by atoms with van der Waals surface area (Å²) in [5, 5.41) is 8.24. The molecule has 3 amide bonds. The second-order valence-corrected chi connectivity index (χ2v) is 8.89. The molecule has 0 saturated carbocycles. The highest BCUT2D eigenvalue weighted by molar-refractivity contribution is 8.00. The minimum Gasteiger partial charge on any atom is -0.326 e. The van der Waals surface area contributed by atoms with Crippen LogP contribution in [0.4, 0.5) is 17.1 Å². The summed E-state index contributed by atoms with van der Waals surface area (Å²) in [5.41, 5.74) is 3.63. The topological polar surface area (TPSA) is 87.3 Å². The van der Waals surface area contributed by atoms with Crippen molar-refractivity contribution in [3.8, 4) is 0 Å². The van der Waals surface area contributed by atoms with Crippen LogP contribution in [0, 0.1) is 6.92 Å². The number of benzene rings is 3. The minimum absolute atomic E-state index is 0.107. The highest BCUT2D eigenvalue weighted by Gasteiger charge is 2.18. The van der Waals surface area contributed by atoms with Crippen molar-refractivity contribution in [2.75, 3.05) is 16.0 Å².